The number of anilines is 1. The number of fused-ring (bicyclic) bond motifs is 1. The molecule has 0 aliphatic rings. The quantitative estimate of drug-likeness (QED) is 0.395. The van der Waals surface area contributed by atoms with Crippen LogP contribution in [0.5, 0.6) is 0 Å². The number of nitrogens with one attached hydrogen (secondary N) is 2. The van der Waals surface area contributed by atoms with E-state index in [1.54, 1.807) is 35.9 Å². The van der Waals surface area contributed by atoms with Gasteiger partial charge in [0.05, 0.1) is 23.6 Å². The Hall–Kier alpha value is -4.47. The summed E-state index contributed by atoms with van der Waals surface area (Å²) >= 11 is 0. The summed E-state index contributed by atoms with van der Waals surface area (Å²) in [5, 5.41) is 5.79. The van der Waals surface area contributed by atoms with E-state index in [4.69, 9.17) is 0 Å². The lowest BCUT2D eigenvalue weighted by molar-refractivity contribution is -0.116. The molecule has 2 amide bonds. The fourth-order valence-corrected chi connectivity index (χ4v) is 4.08. The number of benzene rings is 2. The molecule has 0 spiro atoms. The first-order chi connectivity index (χ1) is 17.3. The fourth-order valence-electron chi connectivity index (χ4n) is 4.08. The minimum Gasteiger partial charge on any atom is -0.345 e. The Kier molecular flexibility index (Phi) is 7.14. The molecule has 10 nitrogen and oxygen atoms in total. The van der Waals surface area contributed by atoms with Crippen LogP contribution in [-0.4, -0.2) is 30.5 Å². The molecule has 186 valence electrons. The molecule has 36 heavy (non-hydrogen) atoms. The van der Waals surface area contributed by atoms with Gasteiger partial charge in [-0.15, -0.1) is 0 Å². The maximum Gasteiger partial charge on any atom is 0.332 e. The van der Waals surface area contributed by atoms with Crippen LogP contribution in [0.4, 0.5) is 5.69 Å². The molecule has 10 heteroatoms. The lowest BCUT2D eigenvalue weighted by atomic mass is 10.1. The molecule has 1 atom stereocenters. The molecule has 0 aliphatic carbocycles. The third-order valence-corrected chi connectivity index (χ3v) is 6.11. The van der Waals surface area contributed by atoms with Crippen molar-refractivity contribution in [2.45, 2.75) is 32.4 Å². The third-order valence-electron chi connectivity index (χ3n) is 6.11. The molecule has 4 aromatic rings. The van der Waals surface area contributed by atoms with Crippen molar-refractivity contribution in [3.05, 3.63) is 92.9 Å². The summed E-state index contributed by atoms with van der Waals surface area (Å²) in [6.07, 6.45) is 2.10. The second-order valence-corrected chi connectivity index (χ2v) is 8.62. The number of para-hydroxylation sites is 1. The van der Waals surface area contributed by atoms with Crippen LogP contribution < -0.4 is 21.9 Å². The first kappa shape index (κ1) is 24.6. The zero-order valence-corrected chi connectivity index (χ0v) is 20.4. The normalized spacial score (nSPS) is 11.9. The van der Waals surface area contributed by atoms with Crippen molar-refractivity contribution in [3.8, 4) is 0 Å². The zero-order chi connectivity index (χ0) is 25.8. The highest BCUT2D eigenvalue weighted by molar-refractivity contribution is 6.03. The molecule has 2 N–H and O–H groups in total. The zero-order valence-electron chi connectivity index (χ0n) is 20.4. The van der Waals surface area contributed by atoms with E-state index in [0.29, 0.717) is 35.4 Å². The first-order valence-corrected chi connectivity index (χ1v) is 11.6. The molecule has 1 unspecified atom stereocenters. The summed E-state index contributed by atoms with van der Waals surface area (Å²) < 4.78 is 4.01. The first-order valence-electron chi connectivity index (χ1n) is 11.6. The smallest absolute Gasteiger partial charge is 0.332 e. The number of amides is 2. The predicted octanol–water partition coefficient (Wildman–Crippen LogP) is 2.34. The summed E-state index contributed by atoms with van der Waals surface area (Å²) in [4.78, 5) is 54.4. The van der Waals surface area contributed by atoms with E-state index in [1.165, 1.54) is 17.9 Å². The van der Waals surface area contributed by atoms with Crippen molar-refractivity contribution in [1.29, 1.82) is 0 Å². The maximum absolute atomic E-state index is 12.9. The van der Waals surface area contributed by atoms with Crippen LogP contribution in [0.3, 0.4) is 0 Å². The van der Waals surface area contributed by atoms with Gasteiger partial charge in [-0.3, -0.25) is 23.5 Å². The average Bonchev–Trinajstić information content (AvgIpc) is 3.31. The number of aromatic nitrogens is 4. The standard InChI is InChI=1S/C26H28N6O4/c1-17(18-10-5-4-6-11-18)28-24(34)19-12-7-8-13-20(19)29-21(33)14-9-15-32-16-27-23-22(32)25(35)31(3)26(36)30(23)2/h4-8,10-13,16-17H,9,14-15H2,1-3H3,(H,28,34)(H,29,33). The molecule has 0 aliphatic heterocycles. The van der Waals surface area contributed by atoms with Gasteiger partial charge >= 0.3 is 5.69 Å². The molecule has 0 bridgehead atoms. The maximum atomic E-state index is 12.9. The number of rotatable bonds is 8. The SMILES string of the molecule is CC(NC(=O)c1ccccc1NC(=O)CCCn1cnc2c1c(=O)n(C)c(=O)n2C)c1ccccc1. The molecule has 0 radical (unpaired) electrons. The number of hydrogen-bond donors (Lipinski definition) is 2. The Morgan fingerprint density at radius 1 is 0.972 bits per heavy atom. The number of hydrogen-bond acceptors (Lipinski definition) is 5. The van der Waals surface area contributed by atoms with Crippen LogP contribution in [0, 0.1) is 0 Å². The van der Waals surface area contributed by atoms with Crippen LogP contribution in [0.1, 0.15) is 41.7 Å². The van der Waals surface area contributed by atoms with Gasteiger partial charge in [0, 0.05) is 27.1 Å². The Balaban J connectivity index is 1.40. The van der Waals surface area contributed by atoms with E-state index in [0.717, 1.165) is 10.1 Å². The van der Waals surface area contributed by atoms with Crippen molar-refractivity contribution in [2.75, 3.05) is 5.32 Å². The van der Waals surface area contributed by atoms with Crippen molar-refractivity contribution in [3.63, 3.8) is 0 Å². The molecule has 2 aromatic heterocycles. The van der Waals surface area contributed by atoms with Gasteiger partial charge in [-0.2, -0.15) is 0 Å². The van der Waals surface area contributed by atoms with Crippen LogP contribution in [0.15, 0.2) is 70.5 Å². The van der Waals surface area contributed by atoms with Gasteiger partial charge in [-0.25, -0.2) is 9.78 Å². The highest BCUT2D eigenvalue weighted by Crippen LogP contribution is 2.18. The van der Waals surface area contributed by atoms with E-state index < -0.39 is 11.2 Å². The topological polar surface area (TPSA) is 120 Å². The minimum absolute atomic E-state index is 0.169. The van der Waals surface area contributed by atoms with Gasteiger partial charge in [0.2, 0.25) is 5.91 Å². The second kappa shape index (κ2) is 10.4. The van der Waals surface area contributed by atoms with Crippen LogP contribution >= 0.6 is 0 Å². The van der Waals surface area contributed by atoms with Gasteiger partial charge in [0.25, 0.3) is 11.5 Å². The number of carbonyl (C=O) groups is 2. The highest BCUT2D eigenvalue weighted by atomic mass is 16.2. The van der Waals surface area contributed by atoms with Crippen molar-refractivity contribution < 1.29 is 9.59 Å². The van der Waals surface area contributed by atoms with E-state index in [1.807, 2.05) is 37.3 Å². The summed E-state index contributed by atoms with van der Waals surface area (Å²) in [6, 6.07) is 16.3. The lowest BCUT2D eigenvalue weighted by Crippen LogP contribution is -2.37. The van der Waals surface area contributed by atoms with Crippen molar-refractivity contribution >= 4 is 28.7 Å². The fraction of sp³-hybridized carbons (Fsp3) is 0.269. The number of imidazole rings is 1. The number of carbonyl (C=O) groups excluding carboxylic acids is 2. The highest BCUT2D eigenvalue weighted by Gasteiger charge is 2.17. The molecule has 2 heterocycles. The molecule has 4 rings (SSSR count). The Morgan fingerprint density at radius 3 is 2.42 bits per heavy atom. The Labute approximate surface area is 207 Å². The molecule has 0 saturated carbocycles. The summed E-state index contributed by atoms with van der Waals surface area (Å²) in [5.74, 6) is -0.537. The summed E-state index contributed by atoms with van der Waals surface area (Å²) in [5.41, 5.74) is 1.52. The van der Waals surface area contributed by atoms with Gasteiger partial charge in [-0.05, 0) is 31.0 Å². The minimum atomic E-state index is -0.446. The Bertz CT molecular complexity index is 1530. The largest absolute Gasteiger partial charge is 0.345 e. The molecular weight excluding hydrogens is 460 g/mol. The van der Waals surface area contributed by atoms with Gasteiger partial charge in [-0.1, -0.05) is 42.5 Å². The Morgan fingerprint density at radius 2 is 1.67 bits per heavy atom. The monoisotopic (exact) mass is 488 g/mol. The number of nitrogens with zero attached hydrogens (tertiary/aromatic N) is 4. The van der Waals surface area contributed by atoms with E-state index in [-0.39, 0.29) is 24.3 Å². The number of aryl methyl sites for hydroxylation is 2. The van der Waals surface area contributed by atoms with Crippen LogP contribution in [0.2, 0.25) is 0 Å². The van der Waals surface area contributed by atoms with Crippen molar-refractivity contribution in [1.82, 2.24) is 24.0 Å². The third kappa shape index (κ3) is 4.97. The predicted molar refractivity (Wildman–Crippen MR) is 137 cm³/mol. The summed E-state index contributed by atoms with van der Waals surface area (Å²) in [6.45, 7) is 2.27. The van der Waals surface area contributed by atoms with Gasteiger partial charge in [0.1, 0.15) is 0 Å². The van der Waals surface area contributed by atoms with Crippen LogP contribution in [0.25, 0.3) is 11.2 Å². The summed E-state index contributed by atoms with van der Waals surface area (Å²) in [7, 11) is 2.98. The molecule has 2 aromatic carbocycles. The van der Waals surface area contributed by atoms with Crippen molar-refractivity contribution in [2.24, 2.45) is 14.1 Å². The molecular formula is C26H28N6O4. The molecule has 0 saturated heterocycles. The second-order valence-electron chi connectivity index (χ2n) is 8.62. The van der Waals surface area contributed by atoms with E-state index in [9.17, 15) is 19.2 Å². The van der Waals surface area contributed by atoms with Gasteiger partial charge < -0.3 is 15.2 Å². The van der Waals surface area contributed by atoms with Crippen LogP contribution in [-0.2, 0) is 25.4 Å². The van der Waals surface area contributed by atoms with E-state index >= 15 is 0 Å². The lowest BCUT2D eigenvalue weighted by Gasteiger charge is -2.16. The molecule has 0 fully saturated rings. The van der Waals surface area contributed by atoms with Gasteiger partial charge in [0.15, 0.2) is 11.2 Å². The average molecular weight is 489 g/mol. The van der Waals surface area contributed by atoms with E-state index in [2.05, 4.69) is 15.6 Å².